The van der Waals surface area contributed by atoms with E-state index in [1.165, 1.54) is 0 Å². The Morgan fingerprint density at radius 1 is 1.08 bits per heavy atom. The number of ether oxygens (including phenoxy) is 2. The maximum absolute atomic E-state index is 13.2. The lowest BCUT2D eigenvalue weighted by molar-refractivity contribution is -0.146. The molecule has 0 bridgehead atoms. The molecule has 0 aliphatic carbocycles. The van der Waals surface area contributed by atoms with Gasteiger partial charge in [-0.1, -0.05) is 42.5 Å². The molecule has 2 atom stereocenters. The Labute approximate surface area is 221 Å². The van der Waals surface area contributed by atoms with Gasteiger partial charge in [-0.2, -0.15) is 0 Å². The summed E-state index contributed by atoms with van der Waals surface area (Å²) in [5.41, 5.74) is 0.541. The van der Waals surface area contributed by atoms with Gasteiger partial charge in [-0.15, -0.1) is 0 Å². The molecule has 4 N–H and O–H groups in total. The molecule has 3 rings (SSSR count). The van der Waals surface area contributed by atoms with E-state index in [0.717, 1.165) is 10.8 Å². The van der Waals surface area contributed by atoms with Crippen LogP contribution in [0, 0.1) is 5.92 Å². The lowest BCUT2D eigenvalue weighted by Gasteiger charge is -2.22. The molecule has 0 saturated heterocycles. The second-order valence-corrected chi connectivity index (χ2v) is 8.98. The van der Waals surface area contributed by atoms with Crippen LogP contribution in [0.25, 0.3) is 10.8 Å². The first-order valence-electron chi connectivity index (χ1n) is 12.8. The standard InChI is InChI=1S/C28H35N3O7/c32-14-16-37-15-13-29-25(33)18-22-9-3-1-2-4-10-26(34)38-19-24(31-27(22)35)28(36)30-23-12-11-20-7-5-6-8-21(20)17-23/h1,3,5-8,11-12,17,22,24,32H,2,4,9-10,13-16,18-19H2,(H,29,33)(H,30,36)(H,31,35)/t22-,24+/m1/s1. The van der Waals surface area contributed by atoms with Crippen molar-refractivity contribution >= 4 is 40.2 Å². The van der Waals surface area contributed by atoms with Crippen molar-refractivity contribution in [3.63, 3.8) is 0 Å². The average Bonchev–Trinajstić information content (AvgIpc) is 2.92. The van der Waals surface area contributed by atoms with Gasteiger partial charge in [0.15, 0.2) is 0 Å². The molecule has 0 radical (unpaired) electrons. The van der Waals surface area contributed by atoms with E-state index in [1.807, 2.05) is 48.6 Å². The number of carbonyl (C=O) groups excluding carboxylic acids is 4. The van der Waals surface area contributed by atoms with Crippen molar-refractivity contribution in [1.29, 1.82) is 0 Å². The summed E-state index contributed by atoms with van der Waals surface area (Å²) in [6, 6.07) is 12.0. The van der Waals surface area contributed by atoms with Crippen LogP contribution in [0.2, 0.25) is 0 Å². The minimum absolute atomic E-state index is 0.0883. The zero-order chi connectivity index (χ0) is 27.2. The number of carbonyl (C=O) groups is 4. The van der Waals surface area contributed by atoms with Crippen LogP contribution in [-0.4, -0.2) is 67.8 Å². The first-order valence-corrected chi connectivity index (χ1v) is 12.8. The van der Waals surface area contributed by atoms with E-state index in [0.29, 0.717) is 24.9 Å². The fraction of sp³-hybridized carbons (Fsp3) is 0.429. The molecule has 1 aliphatic rings. The summed E-state index contributed by atoms with van der Waals surface area (Å²) in [6.45, 7) is 0.242. The Morgan fingerprint density at radius 3 is 2.71 bits per heavy atom. The Hall–Kier alpha value is -3.76. The van der Waals surface area contributed by atoms with E-state index in [1.54, 1.807) is 6.07 Å². The van der Waals surface area contributed by atoms with Crippen molar-refractivity contribution in [2.75, 3.05) is 38.3 Å². The van der Waals surface area contributed by atoms with E-state index in [-0.39, 0.29) is 51.7 Å². The second kappa shape index (κ2) is 15.5. The van der Waals surface area contributed by atoms with Crippen molar-refractivity contribution in [3.05, 3.63) is 54.6 Å². The number of fused-ring (bicyclic) bond motifs is 1. The van der Waals surface area contributed by atoms with Gasteiger partial charge < -0.3 is 30.5 Å². The predicted octanol–water partition coefficient (Wildman–Crippen LogP) is 2.07. The SMILES string of the molecule is O=C(C[C@H]1CC=CCCCC(=O)OC[C@@H](C(=O)Nc2ccc3ccccc3c2)NC1=O)NCCOCCO. The smallest absolute Gasteiger partial charge is 0.305 e. The van der Waals surface area contributed by atoms with Gasteiger partial charge in [0.1, 0.15) is 12.6 Å². The van der Waals surface area contributed by atoms with Gasteiger partial charge in [0.05, 0.1) is 25.7 Å². The Bertz CT molecular complexity index is 1130. The normalized spacial score (nSPS) is 18.9. The molecular weight excluding hydrogens is 490 g/mol. The molecule has 0 fully saturated rings. The third kappa shape index (κ3) is 9.60. The van der Waals surface area contributed by atoms with Gasteiger partial charge in [0, 0.05) is 25.1 Å². The highest BCUT2D eigenvalue weighted by Gasteiger charge is 2.28. The summed E-state index contributed by atoms with van der Waals surface area (Å²) in [6.07, 6.45) is 5.29. The molecule has 3 amide bonds. The first kappa shape index (κ1) is 28.8. The third-order valence-electron chi connectivity index (χ3n) is 6.01. The van der Waals surface area contributed by atoms with Crippen LogP contribution in [0.5, 0.6) is 0 Å². The summed E-state index contributed by atoms with van der Waals surface area (Å²) in [7, 11) is 0. The molecule has 0 aromatic heterocycles. The lowest BCUT2D eigenvalue weighted by Crippen LogP contribution is -2.49. The number of hydrogen-bond acceptors (Lipinski definition) is 7. The number of aliphatic hydroxyl groups is 1. The zero-order valence-electron chi connectivity index (χ0n) is 21.3. The molecule has 1 aliphatic heterocycles. The molecular formula is C28H35N3O7. The van der Waals surface area contributed by atoms with E-state index in [9.17, 15) is 19.2 Å². The van der Waals surface area contributed by atoms with Crippen molar-refractivity contribution in [3.8, 4) is 0 Å². The van der Waals surface area contributed by atoms with Crippen LogP contribution in [-0.2, 0) is 28.7 Å². The fourth-order valence-corrected chi connectivity index (χ4v) is 3.97. The zero-order valence-corrected chi connectivity index (χ0v) is 21.3. The molecule has 2 aromatic carbocycles. The minimum atomic E-state index is -1.14. The number of amides is 3. The van der Waals surface area contributed by atoms with E-state index in [4.69, 9.17) is 14.6 Å². The van der Waals surface area contributed by atoms with Crippen molar-refractivity contribution in [2.24, 2.45) is 5.92 Å². The fourth-order valence-electron chi connectivity index (χ4n) is 3.97. The van der Waals surface area contributed by atoms with Crippen molar-refractivity contribution in [1.82, 2.24) is 10.6 Å². The van der Waals surface area contributed by atoms with Crippen molar-refractivity contribution < 1.29 is 33.8 Å². The molecule has 38 heavy (non-hydrogen) atoms. The summed E-state index contributed by atoms with van der Waals surface area (Å²) < 4.78 is 10.4. The number of rotatable bonds is 9. The number of esters is 1. The number of anilines is 1. The van der Waals surface area contributed by atoms with E-state index >= 15 is 0 Å². The van der Waals surface area contributed by atoms with Crippen LogP contribution in [0.4, 0.5) is 5.69 Å². The molecule has 204 valence electrons. The van der Waals surface area contributed by atoms with Gasteiger partial charge in [-0.3, -0.25) is 19.2 Å². The van der Waals surface area contributed by atoms with Gasteiger partial charge in [0.2, 0.25) is 11.8 Å². The van der Waals surface area contributed by atoms with Gasteiger partial charge in [-0.05, 0) is 42.2 Å². The van der Waals surface area contributed by atoms with Crippen LogP contribution < -0.4 is 16.0 Å². The molecule has 10 heteroatoms. The summed E-state index contributed by atoms with van der Waals surface area (Å²) in [4.78, 5) is 51.0. The number of allylic oxidation sites excluding steroid dienone is 2. The van der Waals surface area contributed by atoms with Crippen LogP contribution >= 0.6 is 0 Å². The van der Waals surface area contributed by atoms with Crippen LogP contribution in [0.15, 0.2) is 54.6 Å². The van der Waals surface area contributed by atoms with E-state index in [2.05, 4.69) is 16.0 Å². The Balaban J connectivity index is 1.69. The van der Waals surface area contributed by atoms with Gasteiger partial charge in [0.25, 0.3) is 5.91 Å². The number of cyclic esters (lactones) is 1. The summed E-state index contributed by atoms with van der Waals surface area (Å²) in [5, 5.41) is 18.9. The monoisotopic (exact) mass is 525 g/mol. The highest BCUT2D eigenvalue weighted by atomic mass is 16.5. The Morgan fingerprint density at radius 2 is 1.89 bits per heavy atom. The maximum atomic E-state index is 13.2. The number of aliphatic hydroxyl groups excluding tert-OH is 1. The Kier molecular flexibility index (Phi) is 11.7. The number of benzene rings is 2. The second-order valence-electron chi connectivity index (χ2n) is 8.98. The molecule has 2 aromatic rings. The van der Waals surface area contributed by atoms with Gasteiger partial charge >= 0.3 is 5.97 Å². The highest BCUT2D eigenvalue weighted by Crippen LogP contribution is 2.19. The lowest BCUT2D eigenvalue weighted by atomic mass is 9.98. The van der Waals surface area contributed by atoms with Crippen LogP contribution in [0.3, 0.4) is 0 Å². The molecule has 0 saturated carbocycles. The van der Waals surface area contributed by atoms with Crippen molar-refractivity contribution in [2.45, 2.75) is 38.1 Å². The molecule has 10 nitrogen and oxygen atoms in total. The maximum Gasteiger partial charge on any atom is 0.305 e. The summed E-state index contributed by atoms with van der Waals surface area (Å²) >= 11 is 0. The first-order chi connectivity index (χ1) is 18.5. The van der Waals surface area contributed by atoms with Gasteiger partial charge in [-0.25, -0.2) is 0 Å². The predicted molar refractivity (Wildman–Crippen MR) is 142 cm³/mol. The third-order valence-corrected chi connectivity index (χ3v) is 6.01. The topological polar surface area (TPSA) is 143 Å². The highest BCUT2D eigenvalue weighted by molar-refractivity contribution is 5.99. The van der Waals surface area contributed by atoms with Crippen LogP contribution in [0.1, 0.15) is 32.1 Å². The molecule has 0 spiro atoms. The quantitative estimate of drug-likeness (QED) is 0.223. The minimum Gasteiger partial charge on any atom is -0.463 e. The van der Waals surface area contributed by atoms with E-state index < -0.39 is 29.7 Å². The summed E-state index contributed by atoms with van der Waals surface area (Å²) in [5.74, 6) is -2.53. The average molecular weight is 526 g/mol. The largest absolute Gasteiger partial charge is 0.463 e. The molecule has 0 unspecified atom stereocenters. The number of nitrogens with one attached hydrogen (secondary N) is 3. The molecule has 1 heterocycles. The number of hydrogen-bond donors (Lipinski definition) is 4.